The van der Waals surface area contributed by atoms with Crippen LogP contribution < -0.4 is 5.32 Å². The number of rotatable bonds is 2. The Labute approximate surface area is 128 Å². The lowest BCUT2D eigenvalue weighted by Crippen LogP contribution is -2.47. The fraction of sp³-hybridized carbons (Fsp3) is 0.500. The molecule has 1 aromatic carbocycles. The van der Waals surface area contributed by atoms with Crippen molar-refractivity contribution < 1.29 is 14.3 Å². The van der Waals surface area contributed by atoms with Crippen molar-refractivity contribution in [3.63, 3.8) is 0 Å². The monoisotopic (exact) mass is 307 g/mol. The third-order valence-corrected chi connectivity index (χ3v) is 4.85. The lowest BCUT2D eigenvalue weighted by Gasteiger charge is -2.38. The first-order valence-corrected chi connectivity index (χ1v) is 7.70. The van der Waals surface area contributed by atoms with Crippen LogP contribution in [0.15, 0.2) is 24.3 Å². The minimum atomic E-state index is -0.348. The molecule has 112 valence electrons. The smallest absolute Gasteiger partial charge is 0.234 e. The van der Waals surface area contributed by atoms with Gasteiger partial charge in [0, 0.05) is 24.7 Å². The molecule has 3 rings (SSSR count). The van der Waals surface area contributed by atoms with Crippen molar-refractivity contribution in [3.05, 3.63) is 34.9 Å². The van der Waals surface area contributed by atoms with Crippen molar-refractivity contribution in [1.29, 1.82) is 0 Å². The van der Waals surface area contributed by atoms with E-state index < -0.39 is 0 Å². The first kappa shape index (κ1) is 14.5. The second-order valence-electron chi connectivity index (χ2n) is 5.73. The summed E-state index contributed by atoms with van der Waals surface area (Å²) >= 11 is 6.27. The van der Waals surface area contributed by atoms with Crippen LogP contribution in [0.5, 0.6) is 0 Å². The first-order chi connectivity index (χ1) is 10.2. The Kier molecular flexibility index (Phi) is 4.27. The van der Waals surface area contributed by atoms with Gasteiger partial charge >= 0.3 is 0 Å². The maximum atomic E-state index is 12.4. The van der Waals surface area contributed by atoms with Gasteiger partial charge in [0.2, 0.25) is 11.8 Å². The maximum Gasteiger partial charge on any atom is 0.234 e. The van der Waals surface area contributed by atoms with Gasteiger partial charge < -0.3 is 4.74 Å². The van der Waals surface area contributed by atoms with Gasteiger partial charge in [0.15, 0.2) is 0 Å². The fourth-order valence-corrected chi connectivity index (χ4v) is 3.73. The molecule has 2 heterocycles. The van der Waals surface area contributed by atoms with E-state index in [2.05, 4.69) is 5.32 Å². The van der Waals surface area contributed by atoms with E-state index in [1.807, 2.05) is 18.2 Å². The van der Waals surface area contributed by atoms with Gasteiger partial charge in [0.05, 0.1) is 5.92 Å². The van der Waals surface area contributed by atoms with Gasteiger partial charge in [-0.2, -0.15) is 0 Å². The normalized spacial score (nSPS) is 27.5. The fourth-order valence-electron chi connectivity index (χ4n) is 3.47. The SMILES string of the molecule is O=C1CC(C2CCOCC2)C(c2ccccc2Cl)C(=O)N1. The second kappa shape index (κ2) is 6.16. The van der Waals surface area contributed by atoms with Gasteiger partial charge in [-0.1, -0.05) is 29.8 Å². The van der Waals surface area contributed by atoms with Gasteiger partial charge in [0.1, 0.15) is 0 Å². The quantitative estimate of drug-likeness (QED) is 0.854. The summed E-state index contributed by atoms with van der Waals surface area (Å²) in [6.45, 7) is 1.40. The van der Waals surface area contributed by atoms with E-state index in [0.29, 0.717) is 30.6 Å². The number of piperidine rings is 1. The van der Waals surface area contributed by atoms with Crippen molar-refractivity contribution in [1.82, 2.24) is 5.32 Å². The molecule has 0 spiro atoms. The van der Waals surface area contributed by atoms with Crippen LogP contribution in [-0.2, 0) is 14.3 Å². The molecule has 4 nitrogen and oxygen atoms in total. The Hall–Kier alpha value is -1.39. The Balaban J connectivity index is 1.94. The number of hydrogen-bond donors (Lipinski definition) is 1. The zero-order valence-corrected chi connectivity index (χ0v) is 12.4. The molecule has 2 aliphatic rings. The lowest BCUT2D eigenvalue weighted by molar-refractivity contribution is -0.138. The van der Waals surface area contributed by atoms with E-state index in [9.17, 15) is 9.59 Å². The molecule has 0 aromatic heterocycles. The van der Waals surface area contributed by atoms with Crippen molar-refractivity contribution in [2.24, 2.45) is 11.8 Å². The van der Waals surface area contributed by atoms with E-state index >= 15 is 0 Å². The molecule has 2 fully saturated rings. The Bertz CT molecular complexity index is 554. The summed E-state index contributed by atoms with van der Waals surface area (Å²) < 4.78 is 5.40. The summed E-state index contributed by atoms with van der Waals surface area (Å²) in [4.78, 5) is 24.2. The third kappa shape index (κ3) is 2.97. The molecule has 1 aromatic rings. The first-order valence-electron chi connectivity index (χ1n) is 7.32. The second-order valence-corrected chi connectivity index (χ2v) is 6.14. The Morgan fingerprint density at radius 3 is 2.57 bits per heavy atom. The number of carbonyl (C=O) groups is 2. The molecule has 0 aliphatic carbocycles. The predicted molar refractivity (Wildman–Crippen MR) is 79.0 cm³/mol. The number of imide groups is 1. The van der Waals surface area contributed by atoms with Gasteiger partial charge in [-0.05, 0) is 36.3 Å². The van der Waals surface area contributed by atoms with Crippen LogP contribution in [-0.4, -0.2) is 25.0 Å². The number of halogens is 1. The standard InChI is InChI=1S/C16H18ClNO3/c17-13-4-2-1-3-11(13)15-12(9-14(19)18-16(15)20)10-5-7-21-8-6-10/h1-4,10,12,15H,5-9H2,(H,18,19,20). The predicted octanol–water partition coefficient (Wildman–Crippen LogP) is 2.51. The van der Waals surface area contributed by atoms with Crippen molar-refractivity contribution in [2.75, 3.05) is 13.2 Å². The summed E-state index contributed by atoms with van der Waals surface area (Å²) in [6.07, 6.45) is 2.17. The molecule has 2 atom stereocenters. The third-order valence-electron chi connectivity index (χ3n) is 4.51. The molecular formula is C16H18ClNO3. The van der Waals surface area contributed by atoms with Crippen molar-refractivity contribution in [3.8, 4) is 0 Å². The van der Waals surface area contributed by atoms with Crippen LogP contribution in [0.25, 0.3) is 0 Å². The van der Waals surface area contributed by atoms with Crippen molar-refractivity contribution in [2.45, 2.75) is 25.2 Å². The number of amides is 2. The van der Waals surface area contributed by atoms with Crippen LogP contribution in [0.2, 0.25) is 5.02 Å². The summed E-state index contributed by atoms with van der Waals surface area (Å²) in [5.41, 5.74) is 0.820. The molecule has 21 heavy (non-hydrogen) atoms. The zero-order chi connectivity index (χ0) is 14.8. The van der Waals surface area contributed by atoms with Crippen LogP contribution >= 0.6 is 11.6 Å². The molecule has 0 radical (unpaired) electrons. The van der Waals surface area contributed by atoms with Gasteiger partial charge in [0.25, 0.3) is 0 Å². The highest BCUT2D eigenvalue weighted by atomic mass is 35.5. The van der Waals surface area contributed by atoms with E-state index in [4.69, 9.17) is 16.3 Å². The molecule has 2 aliphatic heterocycles. The summed E-state index contributed by atoms with van der Waals surface area (Å²) in [5.74, 6) is -0.416. The molecule has 1 N–H and O–H groups in total. The van der Waals surface area contributed by atoms with Gasteiger partial charge in [-0.25, -0.2) is 0 Å². The number of nitrogens with one attached hydrogen (secondary N) is 1. The van der Waals surface area contributed by atoms with Crippen molar-refractivity contribution >= 4 is 23.4 Å². The van der Waals surface area contributed by atoms with Crippen LogP contribution in [0.4, 0.5) is 0 Å². The molecule has 2 saturated heterocycles. The highest BCUT2D eigenvalue weighted by Crippen LogP contribution is 2.41. The minimum absolute atomic E-state index is 0.00931. The summed E-state index contributed by atoms with van der Waals surface area (Å²) in [5, 5.41) is 3.04. The highest BCUT2D eigenvalue weighted by Gasteiger charge is 2.42. The van der Waals surface area contributed by atoms with Gasteiger partial charge in [-0.3, -0.25) is 14.9 Å². The number of benzene rings is 1. The minimum Gasteiger partial charge on any atom is -0.381 e. The topological polar surface area (TPSA) is 55.4 Å². The highest BCUT2D eigenvalue weighted by molar-refractivity contribution is 6.31. The molecular weight excluding hydrogens is 290 g/mol. The van der Waals surface area contributed by atoms with Crippen LogP contribution in [0, 0.1) is 11.8 Å². The number of carbonyl (C=O) groups excluding carboxylic acids is 2. The molecule has 2 amide bonds. The van der Waals surface area contributed by atoms with Crippen LogP contribution in [0.1, 0.15) is 30.7 Å². The van der Waals surface area contributed by atoms with E-state index in [1.54, 1.807) is 6.07 Å². The van der Waals surface area contributed by atoms with Crippen LogP contribution in [0.3, 0.4) is 0 Å². The largest absolute Gasteiger partial charge is 0.381 e. The summed E-state index contributed by atoms with van der Waals surface area (Å²) in [7, 11) is 0. The molecule has 0 saturated carbocycles. The zero-order valence-electron chi connectivity index (χ0n) is 11.7. The van der Waals surface area contributed by atoms with Gasteiger partial charge in [-0.15, -0.1) is 0 Å². The average molecular weight is 308 g/mol. The number of ether oxygens (including phenoxy) is 1. The number of hydrogen-bond acceptors (Lipinski definition) is 3. The van der Waals surface area contributed by atoms with E-state index in [1.165, 1.54) is 0 Å². The Morgan fingerprint density at radius 1 is 1.14 bits per heavy atom. The molecule has 2 unspecified atom stereocenters. The molecule has 0 bridgehead atoms. The Morgan fingerprint density at radius 2 is 1.86 bits per heavy atom. The molecule has 5 heteroatoms. The maximum absolute atomic E-state index is 12.4. The average Bonchev–Trinajstić information content (AvgIpc) is 2.49. The van der Waals surface area contributed by atoms with E-state index in [0.717, 1.165) is 18.4 Å². The summed E-state index contributed by atoms with van der Waals surface area (Å²) in [6, 6.07) is 7.41. The van der Waals surface area contributed by atoms with E-state index in [-0.39, 0.29) is 23.7 Å². The lowest BCUT2D eigenvalue weighted by atomic mass is 9.71.